The summed E-state index contributed by atoms with van der Waals surface area (Å²) in [7, 11) is 0. The first-order valence-electron chi connectivity index (χ1n) is 8.10. The van der Waals surface area contributed by atoms with Crippen LogP contribution in [0, 0.1) is 13.8 Å². The Morgan fingerprint density at radius 2 is 1.62 bits per heavy atom. The van der Waals surface area contributed by atoms with Gasteiger partial charge in [0, 0.05) is 17.8 Å². The van der Waals surface area contributed by atoms with Crippen LogP contribution < -0.4 is 5.32 Å². The minimum absolute atomic E-state index is 0.0208. The van der Waals surface area contributed by atoms with Crippen LogP contribution in [0.15, 0.2) is 60.7 Å². The fourth-order valence-electron chi connectivity index (χ4n) is 2.84. The number of hydrogen-bond donors (Lipinski definition) is 1. The maximum atomic E-state index is 12.1. The molecule has 1 aromatic heterocycles. The van der Waals surface area contributed by atoms with Crippen LogP contribution >= 0.6 is 0 Å². The molecule has 4 heteroatoms. The van der Waals surface area contributed by atoms with Gasteiger partial charge in [-0.3, -0.25) is 4.79 Å². The zero-order chi connectivity index (χ0) is 16.9. The van der Waals surface area contributed by atoms with Gasteiger partial charge in [-0.15, -0.1) is 0 Å². The van der Waals surface area contributed by atoms with E-state index in [1.807, 2.05) is 72.3 Å². The van der Waals surface area contributed by atoms with Crippen LogP contribution in [0.1, 0.15) is 23.4 Å². The normalized spacial score (nSPS) is 10.6. The second-order valence-corrected chi connectivity index (χ2v) is 5.81. The summed E-state index contributed by atoms with van der Waals surface area (Å²) >= 11 is 0. The minimum atomic E-state index is 0.0208. The average Bonchev–Trinajstić information content (AvgIpc) is 2.89. The second kappa shape index (κ2) is 7.13. The summed E-state index contributed by atoms with van der Waals surface area (Å²) in [6, 6.07) is 19.6. The maximum Gasteiger partial charge on any atom is 0.224 e. The molecule has 0 fully saturated rings. The topological polar surface area (TPSA) is 46.9 Å². The van der Waals surface area contributed by atoms with Gasteiger partial charge in [0.25, 0.3) is 0 Å². The first-order valence-corrected chi connectivity index (χ1v) is 8.10. The number of benzene rings is 2. The number of aromatic nitrogens is 2. The van der Waals surface area contributed by atoms with Gasteiger partial charge in [0.1, 0.15) is 0 Å². The number of amides is 1. The Labute approximate surface area is 142 Å². The van der Waals surface area contributed by atoms with Gasteiger partial charge in [0.05, 0.1) is 11.4 Å². The molecule has 0 saturated heterocycles. The third kappa shape index (κ3) is 3.54. The molecule has 0 saturated carbocycles. The zero-order valence-corrected chi connectivity index (χ0v) is 14.0. The Hall–Kier alpha value is -2.88. The lowest BCUT2D eigenvalue weighted by molar-refractivity contribution is -0.116. The van der Waals surface area contributed by atoms with Crippen molar-refractivity contribution in [2.24, 2.45) is 0 Å². The molecule has 1 amide bonds. The quantitative estimate of drug-likeness (QED) is 0.771. The van der Waals surface area contributed by atoms with E-state index in [2.05, 4.69) is 17.3 Å². The van der Waals surface area contributed by atoms with Crippen molar-refractivity contribution in [3.63, 3.8) is 0 Å². The van der Waals surface area contributed by atoms with Crippen molar-refractivity contribution in [2.75, 3.05) is 5.32 Å². The SMILES string of the molecule is Cc1nn(-c2ccccc2)c(C)c1CCC(=O)Nc1ccccc1. The summed E-state index contributed by atoms with van der Waals surface area (Å²) in [5.74, 6) is 0.0208. The van der Waals surface area contributed by atoms with E-state index in [9.17, 15) is 4.79 Å². The van der Waals surface area contributed by atoms with Gasteiger partial charge >= 0.3 is 0 Å². The molecule has 0 spiro atoms. The largest absolute Gasteiger partial charge is 0.326 e. The highest BCUT2D eigenvalue weighted by Crippen LogP contribution is 2.19. The highest BCUT2D eigenvalue weighted by atomic mass is 16.1. The van der Waals surface area contributed by atoms with Crippen molar-refractivity contribution in [1.29, 1.82) is 0 Å². The first kappa shape index (κ1) is 16.0. The van der Waals surface area contributed by atoms with Crippen molar-refractivity contribution < 1.29 is 4.79 Å². The van der Waals surface area contributed by atoms with Crippen molar-refractivity contribution in [3.8, 4) is 5.69 Å². The minimum Gasteiger partial charge on any atom is -0.326 e. The molecule has 24 heavy (non-hydrogen) atoms. The van der Waals surface area contributed by atoms with E-state index < -0.39 is 0 Å². The van der Waals surface area contributed by atoms with Gasteiger partial charge in [-0.05, 0) is 50.1 Å². The van der Waals surface area contributed by atoms with Gasteiger partial charge in [-0.25, -0.2) is 4.68 Å². The lowest BCUT2D eigenvalue weighted by Crippen LogP contribution is -2.12. The van der Waals surface area contributed by atoms with Gasteiger partial charge < -0.3 is 5.32 Å². The van der Waals surface area contributed by atoms with E-state index in [1.54, 1.807) is 0 Å². The molecule has 1 heterocycles. The smallest absolute Gasteiger partial charge is 0.224 e. The van der Waals surface area contributed by atoms with Crippen molar-refractivity contribution in [1.82, 2.24) is 9.78 Å². The number of hydrogen-bond acceptors (Lipinski definition) is 2. The Morgan fingerprint density at radius 1 is 1.00 bits per heavy atom. The average molecular weight is 319 g/mol. The molecule has 122 valence electrons. The zero-order valence-electron chi connectivity index (χ0n) is 14.0. The third-order valence-corrected chi connectivity index (χ3v) is 4.10. The number of para-hydroxylation sites is 2. The Kier molecular flexibility index (Phi) is 4.75. The van der Waals surface area contributed by atoms with E-state index in [0.29, 0.717) is 12.8 Å². The monoisotopic (exact) mass is 319 g/mol. The summed E-state index contributed by atoms with van der Waals surface area (Å²) in [5.41, 5.74) is 5.08. The van der Waals surface area contributed by atoms with Crippen LogP contribution in [0.25, 0.3) is 5.69 Å². The van der Waals surface area contributed by atoms with Gasteiger partial charge in [-0.1, -0.05) is 36.4 Å². The number of anilines is 1. The van der Waals surface area contributed by atoms with Crippen LogP contribution in [0.4, 0.5) is 5.69 Å². The third-order valence-electron chi connectivity index (χ3n) is 4.10. The summed E-state index contributed by atoms with van der Waals surface area (Å²) in [4.78, 5) is 12.1. The lowest BCUT2D eigenvalue weighted by Gasteiger charge is -2.06. The molecular weight excluding hydrogens is 298 g/mol. The van der Waals surface area contributed by atoms with Crippen molar-refractivity contribution in [2.45, 2.75) is 26.7 Å². The van der Waals surface area contributed by atoms with Gasteiger partial charge in [0.2, 0.25) is 5.91 Å². The standard InChI is InChI=1S/C20H21N3O/c1-15-19(13-14-20(24)21-17-9-5-3-6-10-17)16(2)23(22-15)18-11-7-4-8-12-18/h3-12H,13-14H2,1-2H3,(H,21,24). The van der Waals surface area contributed by atoms with E-state index in [1.165, 1.54) is 0 Å². The molecule has 0 bridgehead atoms. The predicted octanol–water partition coefficient (Wildman–Crippen LogP) is 4.06. The maximum absolute atomic E-state index is 12.1. The summed E-state index contributed by atoms with van der Waals surface area (Å²) in [5, 5.41) is 7.55. The summed E-state index contributed by atoms with van der Waals surface area (Å²) < 4.78 is 1.94. The molecule has 3 aromatic rings. The number of rotatable bonds is 5. The predicted molar refractivity (Wildman–Crippen MR) is 96.4 cm³/mol. The first-order chi connectivity index (χ1) is 11.6. The Bertz CT molecular complexity index is 823. The molecule has 3 rings (SSSR count). The van der Waals surface area contributed by atoms with E-state index in [-0.39, 0.29) is 5.91 Å². The molecule has 4 nitrogen and oxygen atoms in total. The molecule has 0 aliphatic rings. The van der Waals surface area contributed by atoms with Gasteiger partial charge in [0.15, 0.2) is 0 Å². The Balaban J connectivity index is 1.70. The molecular formula is C20H21N3O. The van der Waals surface area contributed by atoms with E-state index in [4.69, 9.17) is 0 Å². The lowest BCUT2D eigenvalue weighted by atomic mass is 10.1. The van der Waals surface area contributed by atoms with E-state index in [0.717, 1.165) is 28.3 Å². The number of nitrogens with zero attached hydrogens (tertiary/aromatic N) is 2. The molecule has 2 aromatic carbocycles. The number of nitrogens with one attached hydrogen (secondary N) is 1. The summed E-state index contributed by atoms with van der Waals surface area (Å²) in [6.07, 6.45) is 1.13. The Morgan fingerprint density at radius 3 is 2.29 bits per heavy atom. The second-order valence-electron chi connectivity index (χ2n) is 5.81. The van der Waals surface area contributed by atoms with Crippen molar-refractivity contribution >= 4 is 11.6 Å². The molecule has 0 aliphatic heterocycles. The highest BCUT2D eigenvalue weighted by Gasteiger charge is 2.14. The van der Waals surface area contributed by atoms with Crippen molar-refractivity contribution in [3.05, 3.63) is 77.6 Å². The fourth-order valence-corrected chi connectivity index (χ4v) is 2.84. The van der Waals surface area contributed by atoms with Crippen LogP contribution in [-0.2, 0) is 11.2 Å². The molecule has 0 atom stereocenters. The van der Waals surface area contributed by atoms with Crippen LogP contribution in [0.3, 0.4) is 0 Å². The summed E-state index contributed by atoms with van der Waals surface area (Å²) in [6.45, 7) is 4.05. The molecule has 0 radical (unpaired) electrons. The van der Waals surface area contributed by atoms with Crippen LogP contribution in [-0.4, -0.2) is 15.7 Å². The number of aryl methyl sites for hydroxylation is 1. The highest BCUT2D eigenvalue weighted by molar-refractivity contribution is 5.90. The number of carbonyl (C=O) groups is 1. The number of carbonyl (C=O) groups excluding carboxylic acids is 1. The van der Waals surface area contributed by atoms with E-state index >= 15 is 0 Å². The van der Waals surface area contributed by atoms with Gasteiger partial charge in [-0.2, -0.15) is 5.10 Å². The molecule has 1 N–H and O–H groups in total. The molecule has 0 unspecified atom stereocenters. The fraction of sp³-hybridized carbons (Fsp3) is 0.200. The van der Waals surface area contributed by atoms with Crippen LogP contribution in [0.2, 0.25) is 0 Å². The molecule has 0 aliphatic carbocycles. The van der Waals surface area contributed by atoms with Crippen LogP contribution in [0.5, 0.6) is 0 Å².